The van der Waals surface area contributed by atoms with E-state index in [2.05, 4.69) is 15.9 Å². The second-order valence-electron chi connectivity index (χ2n) is 6.19. The number of carbonyl (C=O) groups is 1. The van der Waals surface area contributed by atoms with Crippen LogP contribution >= 0.6 is 39.1 Å². The summed E-state index contributed by atoms with van der Waals surface area (Å²) in [6, 6.07) is 10.1. The highest BCUT2D eigenvalue weighted by Crippen LogP contribution is 2.42. The molecule has 3 rings (SSSR count). The number of methoxy groups -OCH3 is 1. The highest BCUT2D eigenvalue weighted by Gasteiger charge is 2.38. The highest BCUT2D eigenvalue weighted by atomic mass is 79.9. The molecule has 0 aromatic heterocycles. The van der Waals surface area contributed by atoms with Crippen molar-refractivity contribution in [3.63, 3.8) is 0 Å². The summed E-state index contributed by atoms with van der Waals surface area (Å²) in [5.74, 6) is -0.146. The molecule has 1 heterocycles. The number of aliphatic carboxylic acids is 1. The van der Waals surface area contributed by atoms with Crippen molar-refractivity contribution in [3.05, 3.63) is 62.0 Å². The van der Waals surface area contributed by atoms with E-state index < -0.39 is 12.0 Å². The minimum Gasteiger partial charge on any atom is -0.496 e. The van der Waals surface area contributed by atoms with Crippen molar-refractivity contribution >= 4 is 45.1 Å². The van der Waals surface area contributed by atoms with Gasteiger partial charge in [0.25, 0.3) is 0 Å². The van der Waals surface area contributed by atoms with E-state index in [0.29, 0.717) is 28.8 Å². The number of carboxylic acid groups (broad SMARTS) is 1. The Balaban J connectivity index is 2.20. The normalized spacial score (nSPS) is 18.7. The lowest BCUT2D eigenvalue weighted by atomic mass is 9.95. The van der Waals surface area contributed by atoms with Gasteiger partial charge in [0.15, 0.2) is 0 Å². The molecule has 1 saturated heterocycles. The number of nitrogens with zero attached hydrogens (tertiary/aromatic N) is 1. The maximum absolute atomic E-state index is 11.8. The minimum absolute atomic E-state index is 0.351. The lowest BCUT2D eigenvalue weighted by molar-refractivity contribution is -0.142. The monoisotopic (exact) mass is 457 g/mol. The molecule has 0 radical (unpaired) electrons. The number of hydrogen-bond acceptors (Lipinski definition) is 3. The average molecular weight is 459 g/mol. The third kappa shape index (κ3) is 3.86. The van der Waals surface area contributed by atoms with Gasteiger partial charge in [-0.2, -0.15) is 0 Å². The van der Waals surface area contributed by atoms with Crippen molar-refractivity contribution in [2.45, 2.75) is 24.9 Å². The molecular formula is C19H18BrCl2NO3. The number of benzene rings is 2. The molecular weight excluding hydrogens is 441 g/mol. The molecule has 4 nitrogen and oxygen atoms in total. The maximum Gasteiger partial charge on any atom is 0.320 e. The van der Waals surface area contributed by atoms with E-state index in [1.165, 1.54) is 0 Å². The van der Waals surface area contributed by atoms with E-state index in [4.69, 9.17) is 27.9 Å². The molecule has 2 aromatic rings. The van der Waals surface area contributed by atoms with Crippen molar-refractivity contribution in [2.75, 3.05) is 13.7 Å². The van der Waals surface area contributed by atoms with Crippen molar-refractivity contribution < 1.29 is 14.6 Å². The summed E-state index contributed by atoms with van der Waals surface area (Å²) in [5.41, 5.74) is 1.67. The van der Waals surface area contributed by atoms with Gasteiger partial charge in [-0.05, 0) is 48.7 Å². The summed E-state index contributed by atoms with van der Waals surface area (Å²) in [7, 11) is 1.60. The Bertz CT molecular complexity index is 830. The molecule has 138 valence electrons. The smallest absolute Gasteiger partial charge is 0.320 e. The van der Waals surface area contributed by atoms with Crippen LogP contribution < -0.4 is 4.74 Å². The number of halogens is 3. The molecule has 0 aliphatic carbocycles. The molecule has 2 unspecified atom stereocenters. The Morgan fingerprint density at radius 2 is 2.04 bits per heavy atom. The lowest BCUT2D eigenvalue weighted by Crippen LogP contribution is -2.39. The second-order valence-corrected chi connectivity index (χ2v) is 7.95. The summed E-state index contributed by atoms with van der Waals surface area (Å²) in [6.07, 6.45) is 1.42. The van der Waals surface area contributed by atoms with Crippen LogP contribution in [0, 0.1) is 0 Å². The first-order valence-electron chi connectivity index (χ1n) is 8.19. The lowest BCUT2D eigenvalue weighted by Gasteiger charge is -2.33. The molecule has 1 aliphatic rings. The molecule has 2 atom stereocenters. The third-order valence-corrected chi connectivity index (χ3v) is 5.71. The van der Waals surface area contributed by atoms with Crippen molar-refractivity contribution in [1.29, 1.82) is 0 Å². The second kappa shape index (κ2) is 8.17. The Kier molecular flexibility index (Phi) is 6.13. The maximum atomic E-state index is 11.8. The molecule has 2 aromatic carbocycles. The molecule has 0 bridgehead atoms. The number of likely N-dealkylation sites (tertiary alicyclic amines) is 1. The predicted octanol–water partition coefficient (Wildman–Crippen LogP) is 5.40. The summed E-state index contributed by atoms with van der Waals surface area (Å²) in [4.78, 5) is 13.8. The quantitative estimate of drug-likeness (QED) is 0.651. The number of ether oxygens (including phenoxy) is 1. The molecule has 0 amide bonds. The fraction of sp³-hybridized carbons (Fsp3) is 0.316. The Morgan fingerprint density at radius 3 is 2.69 bits per heavy atom. The van der Waals surface area contributed by atoms with E-state index in [0.717, 1.165) is 22.0 Å². The van der Waals surface area contributed by atoms with E-state index in [1.807, 2.05) is 29.2 Å². The van der Waals surface area contributed by atoms with E-state index in [9.17, 15) is 9.90 Å². The largest absolute Gasteiger partial charge is 0.496 e. The van der Waals surface area contributed by atoms with Crippen molar-refractivity contribution in [3.8, 4) is 5.75 Å². The molecule has 0 saturated carbocycles. The fourth-order valence-corrected chi connectivity index (χ4v) is 4.42. The first kappa shape index (κ1) is 19.5. The van der Waals surface area contributed by atoms with E-state index >= 15 is 0 Å². The van der Waals surface area contributed by atoms with Gasteiger partial charge in [0.1, 0.15) is 11.8 Å². The van der Waals surface area contributed by atoms with Gasteiger partial charge >= 0.3 is 5.97 Å². The fourth-order valence-electron chi connectivity index (χ4n) is 3.53. The van der Waals surface area contributed by atoms with Crippen LogP contribution in [0.2, 0.25) is 10.0 Å². The van der Waals surface area contributed by atoms with Crippen LogP contribution in [0.15, 0.2) is 40.9 Å². The third-order valence-electron chi connectivity index (χ3n) is 4.65. The molecule has 1 N–H and O–H groups in total. The van der Waals surface area contributed by atoms with Gasteiger partial charge in [-0.25, -0.2) is 0 Å². The van der Waals surface area contributed by atoms with Crippen LogP contribution in [-0.4, -0.2) is 35.7 Å². The van der Waals surface area contributed by atoms with Crippen LogP contribution in [0.1, 0.15) is 30.0 Å². The van der Waals surface area contributed by atoms with E-state index in [1.54, 1.807) is 19.2 Å². The van der Waals surface area contributed by atoms with Crippen LogP contribution in [-0.2, 0) is 4.79 Å². The number of hydrogen-bond donors (Lipinski definition) is 1. The number of rotatable bonds is 5. The standard InChI is InChI=1S/C19H18BrCl2NO3/c1-26-17-7-4-11(20)9-14(17)18(13-6-5-12(21)10-15(13)22)23-8-2-3-16(23)19(24)25/h4-7,9-10,16,18H,2-3,8H2,1H3,(H,24,25). The highest BCUT2D eigenvalue weighted by molar-refractivity contribution is 9.10. The summed E-state index contributed by atoms with van der Waals surface area (Å²) < 4.78 is 6.44. The Hall–Kier alpha value is -1.27. The summed E-state index contributed by atoms with van der Waals surface area (Å²) in [5, 5.41) is 10.7. The minimum atomic E-state index is -0.827. The summed E-state index contributed by atoms with van der Waals surface area (Å²) in [6.45, 7) is 0.663. The van der Waals surface area contributed by atoms with Crippen LogP contribution in [0.25, 0.3) is 0 Å². The predicted molar refractivity (Wildman–Crippen MR) is 106 cm³/mol. The Morgan fingerprint density at radius 1 is 1.27 bits per heavy atom. The molecule has 1 aliphatic heterocycles. The number of carboxylic acids is 1. The van der Waals surface area contributed by atoms with Gasteiger partial charge in [-0.3, -0.25) is 9.69 Å². The zero-order valence-corrected chi connectivity index (χ0v) is 17.2. The molecule has 7 heteroatoms. The summed E-state index contributed by atoms with van der Waals surface area (Å²) >= 11 is 16.1. The van der Waals surface area contributed by atoms with Gasteiger partial charge < -0.3 is 9.84 Å². The van der Waals surface area contributed by atoms with Gasteiger partial charge in [0, 0.05) is 26.6 Å². The average Bonchev–Trinajstić information content (AvgIpc) is 3.07. The van der Waals surface area contributed by atoms with Crippen molar-refractivity contribution in [1.82, 2.24) is 4.90 Å². The molecule has 1 fully saturated rings. The van der Waals surface area contributed by atoms with Crippen LogP contribution in [0.5, 0.6) is 5.75 Å². The first-order chi connectivity index (χ1) is 12.4. The zero-order valence-electron chi connectivity index (χ0n) is 14.1. The van der Waals surface area contributed by atoms with Gasteiger partial charge in [0.05, 0.1) is 13.2 Å². The first-order valence-corrected chi connectivity index (χ1v) is 9.74. The van der Waals surface area contributed by atoms with E-state index in [-0.39, 0.29) is 6.04 Å². The van der Waals surface area contributed by atoms with Crippen molar-refractivity contribution in [2.24, 2.45) is 0 Å². The molecule has 0 spiro atoms. The SMILES string of the molecule is COc1ccc(Br)cc1C(c1ccc(Cl)cc1Cl)N1CCCC1C(=O)O. The molecule has 26 heavy (non-hydrogen) atoms. The zero-order chi connectivity index (χ0) is 18.8. The van der Waals surface area contributed by atoms with Gasteiger partial charge in [-0.15, -0.1) is 0 Å². The van der Waals surface area contributed by atoms with Crippen LogP contribution in [0.3, 0.4) is 0 Å². The van der Waals surface area contributed by atoms with Crippen LogP contribution in [0.4, 0.5) is 0 Å². The topological polar surface area (TPSA) is 49.8 Å². The van der Waals surface area contributed by atoms with Gasteiger partial charge in [-0.1, -0.05) is 45.2 Å². The van der Waals surface area contributed by atoms with Gasteiger partial charge in [0.2, 0.25) is 0 Å². The Labute approximate surface area is 170 Å².